The van der Waals surface area contributed by atoms with Crippen molar-refractivity contribution in [2.75, 3.05) is 51.5 Å². The summed E-state index contributed by atoms with van der Waals surface area (Å²) in [6, 6.07) is 5.45. The fraction of sp³-hybridized carbons (Fsp3) is 0.767. The molecule has 0 saturated heterocycles. The van der Waals surface area contributed by atoms with Gasteiger partial charge in [-0.2, -0.15) is 0 Å². The molecule has 1 unspecified atom stereocenters. The van der Waals surface area contributed by atoms with Gasteiger partial charge in [0.05, 0.1) is 32.1 Å². The van der Waals surface area contributed by atoms with E-state index in [0.717, 1.165) is 12.8 Å². The summed E-state index contributed by atoms with van der Waals surface area (Å²) < 4.78 is 28.0. The third-order valence-electron chi connectivity index (χ3n) is 6.11. The zero-order valence-corrected chi connectivity index (χ0v) is 24.1. The second-order valence-corrected chi connectivity index (χ2v) is 9.50. The molecule has 0 aromatic heterocycles. The van der Waals surface area contributed by atoms with Gasteiger partial charge in [0.25, 0.3) is 0 Å². The maximum absolute atomic E-state index is 11.1. The van der Waals surface area contributed by atoms with Crippen LogP contribution in [0.4, 0.5) is 5.69 Å². The van der Waals surface area contributed by atoms with Crippen molar-refractivity contribution in [2.45, 2.75) is 104 Å². The highest BCUT2D eigenvalue weighted by atomic mass is 16.7. The lowest BCUT2D eigenvalue weighted by Crippen LogP contribution is -2.17. The monoisotopic (exact) mass is 539 g/mol. The van der Waals surface area contributed by atoms with E-state index in [4.69, 9.17) is 28.8 Å². The molecular formula is C30H53NO7. The molecule has 0 heterocycles. The van der Waals surface area contributed by atoms with Crippen LogP contribution in [0.3, 0.4) is 0 Å². The number of anilines is 1. The van der Waals surface area contributed by atoms with Gasteiger partial charge in [0.15, 0.2) is 6.29 Å². The maximum atomic E-state index is 11.1. The fourth-order valence-corrected chi connectivity index (χ4v) is 4.04. The Bertz CT molecular complexity index is 701. The van der Waals surface area contributed by atoms with Gasteiger partial charge in [0.2, 0.25) is 0 Å². The second-order valence-electron chi connectivity index (χ2n) is 9.50. The van der Waals surface area contributed by atoms with Gasteiger partial charge in [0, 0.05) is 12.7 Å². The van der Waals surface area contributed by atoms with Gasteiger partial charge in [-0.15, -0.1) is 0 Å². The van der Waals surface area contributed by atoms with E-state index in [9.17, 15) is 4.79 Å². The van der Waals surface area contributed by atoms with Crippen LogP contribution in [0.15, 0.2) is 18.2 Å². The van der Waals surface area contributed by atoms with Crippen molar-refractivity contribution in [2.24, 2.45) is 0 Å². The van der Waals surface area contributed by atoms with Crippen LogP contribution in [-0.2, 0) is 19.0 Å². The Kier molecular flexibility index (Phi) is 21.5. The van der Waals surface area contributed by atoms with E-state index >= 15 is 0 Å². The third-order valence-corrected chi connectivity index (χ3v) is 6.11. The Morgan fingerprint density at radius 3 is 2.05 bits per heavy atom. The summed E-state index contributed by atoms with van der Waals surface area (Å²) in [6.45, 7) is 8.70. The van der Waals surface area contributed by atoms with Crippen molar-refractivity contribution >= 4 is 11.7 Å². The van der Waals surface area contributed by atoms with E-state index < -0.39 is 5.97 Å². The first-order valence-corrected chi connectivity index (χ1v) is 14.7. The van der Waals surface area contributed by atoms with Gasteiger partial charge in [0.1, 0.15) is 24.7 Å². The Hall–Kier alpha value is -2.03. The van der Waals surface area contributed by atoms with Crippen LogP contribution in [-0.4, -0.2) is 63.6 Å². The first kappa shape index (κ1) is 34.0. The molecule has 0 fully saturated rings. The van der Waals surface area contributed by atoms with E-state index in [0.29, 0.717) is 56.8 Å². The quantitative estimate of drug-likeness (QED) is 0.0906. The van der Waals surface area contributed by atoms with E-state index in [1.807, 2.05) is 19.9 Å². The Morgan fingerprint density at radius 2 is 1.42 bits per heavy atom. The summed E-state index contributed by atoms with van der Waals surface area (Å²) in [7, 11) is 0. The van der Waals surface area contributed by atoms with Crippen molar-refractivity contribution in [3.8, 4) is 11.5 Å². The first-order valence-electron chi connectivity index (χ1n) is 14.7. The zero-order chi connectivity index (χ0) is 27.7. The first-order chi connectivity index (χ1) is 18.6. The molecule has 0 spiro atoms. The minimum absolute atomic E-state index is 0.204. The molecule has 38 heavy (non-hydrogen) atoms. The third kappa shape index (κ3) is 19.1. The number of aliphatic carboxylic acids is 1. The van der Waals surface area contributed by atoms with Crippen molar-refractivity contribution in [1.29, 1.82) is 0 Å². The molecule has 220 valence electrons. The molecule has 0 aliphatic rings. The molecule has 8 heteroatoms. The topological polar surface area (TPSA) is 95.5 Å². The number of rotatable bonds is 27. The number of hydrogen-bond acceptors (Lipinski definition) is 7. The van der Waals surface area contributed by atoms with E-state index in [2.05, 4.69) is 12.2 Å². The standard InChI is InChI=1S/C30H53NO7/c1-4-6-7-8-9-10-11-12-13-14-15-16-19-37-27-17-18-29(28(24-27)31-25-30(32)33)38-23-21-34-20-22-36-26(3)35-5-2/h17-18,24,26,31H,4-16,19-23,25H2,1-3H3,(H,32,33). The van der Waals surface area contributed by atoms with Crippen molar-refractivity contribution in [3.05, 3.63) is 18.2 Å². The van der Waals surface area contributed by atoms with Crippen LogP contribution in [0.25, 0.3) is 0 Å². The lowest BCUT2D eigenvalue weighted by Gasteiger charge is -2.15. The number of carboxylic acid groups (broad SMARTS) is 1. The largest absolute Gasteiger partial charge is 0.494 e. The number of carbonyl (C=O) groups is 1. The van der Waals surface area contributed by atoms with E-state index in [-0.39, 0.29) is 12.8 Å². The summed E-state index contributed by atoms with van der Waals surface area (Å²) in [5, 5.41) is 12.0. The van der Waals surface area contributed by atoms with Gasteiger partial charge in [-0.25, -0.2) is 0 Å². The molecule has 0 saturated carbocycles. The average Bonchev–Trinajstić information content (AvgIpc) is 2.90. The molecule has 0 radical (unpaired) electrons. The Labute approximate surface area is 230 Å². The summed E-state index contributed by atoms with van der Waals surface area (Å²) in [4.78, 5) is 11.1. The van der Waals surface area contributed by atoms with Gasteiger partial charge in [-0.05, 0) is 32.4 Å². The zero-order valence-electron chi connectivity index (χ0n) is 24.1. The lowest BCUT2D eigenvalue weighted by molar-refractivity contribution is -0.136. The molecule has 0 bridgehead atoms. The molecule has 0 aliphatic carbocycles. The van der Waals surface area contributed by atoms with Crippen molar-refractivity contribution in [3.63, 3.8) is 0 Å². The van der Waals surface area contributed by atoms with Crippen LogP contribution >= 0.6 is 0 Å². The van der Waals surface area contributed by atoms with Crippen LogP contribution in [0.2, 0.25) is 0 Å². The lowest BCUT2D eigenvalue weighted by atomic mass is 10.1. The van der Waals surface area contributed by atoms with Gasteiger partial charge in [-0.3, -0.25) is 4.79 Å². The highest BCUT2D eigenvalue weighted by Gasteiger charge is 2.08. The van der Waals surface area contributed by atoms with Gasteiger partial charge in [-0.1, -0.05) is 77.6 Å². The number of unbranched alkanes of at least 4 members (excludes halogenated alkanes) is 11. The molecule has 1 aromatic rings. The highest BCUT2D eigenvalue weighted by molar-refractivity contribution is 5.74. The average molecular weight is 540 g/mol. The molecule has 8 nitrogen and oxygen atoms in total. The fourth-order valence-electron chi connectivity index (χ4n) is 4.04. The van der Waals surface area contributed by atoms with E-state index in [1.165, 1.54) is 64.2 Å². The number of benzene rings is 1. The van der Waals surface area contributed by atoms with Gasteiger partial charge >= 0.3 is 5.97 Å². The van der Waals surface area contributed by atoms with Crippen molar-refractivity contribution in [1.82, 2.24) is 0 Å². The van der Waals surface area contributed by atoms with Crippen molar-refractivity contribution < 1.29 is 33.6 Å². The molecule has 2 N–H and O–H groups in total. The Morgan fingerprint density at radius 1 is 0.789 bits per heavy atom. The minimum atomic E-state index is -0.941. The molecule has 1 atom stereocenters. The van der Waals surface area contributed by atoms with Crippen LogP contribution < -0.4 is 14.8 Å². The number of hydrogen-bond donors (Lipinski definition) is 2. The normalized spacial score (nSPS) is 11.9. The Balaban J connectivity index is 2.24. The molecule has 0 amide bonds. The highest BCUT2D eigenvalue weighted by Crippen LogP contribution is 2.29. The molecule has 1 aromatic carbocycles. The molecule has 0 aliphatic heterocycles. The minimum Gasteiger partial charge on any atom is -0.494 e. The maximum Gasteiger partial charge on any atom is 0.322 e. The molecule has 1 rings (SSSR count). The smallest absolute Gasteiger partial charge is 0.322 e. The summed E-state index contributed by atoms with van der Waals surface area (Å²) in [5.74, 6) is 0.322. The predicted octanol–water partition coefficient (Wildman–Crippen LogP) is 7.06. The van der Waals surface area contributed by atoms with E-state index in [1.54, 1.807) is 12.1 Å². The number of nitrogens with one attached hydrogen (secondary N) is 1. The molecular weight excluding hydrogens is 486 g/mol. The van der Waals surface area contributed by atoms with Gasteiger partial charge < -0.3 is 34.1 Å². The SMILES string of the molecule is CCCCCCCCCCCCCCOc1ccc(OCCOCCOC(C)OCC)c(NCC(=O)O)c1. The summed E-state index contributed by atoms with van der Waals surface area (Å²) >= 11 is 0. The second kappa shape index (κ2) is 24.0. The summed E-state index contributed by atoms with van der Waals surface area (Å²) in [6.07, 6.45) is 15.4. The van der Waals surface area contributed by atoms with Crippen LogP contribution in [0.1, 0.15) is 97.8 Å². The van der Waals surface area contributed by atoms with Crippen LogP contribution in [0, 0.1) is 0 Å². The summed E-state index contributed by atoms with van der Waals surface area (Å²) in [5.41, 5.74) is 0.591. The number of ether oxygens (including phenoxy) is 5. The van der Waals surface area contributed by atoms with Crippen LogP contribution in [0.5, 0.6) is 11.5 Å². The predicted molar refractivity (Wildman–Crippen MR) is 152 cm³/mol. The number of carboxylic acids is 1.